The molecule has 72 heavy (non-hydrogen) atoms. The maximum absolute atomic E-state index is 5.62. The molecule has 0 N–H and O–H groups in total. The molecule has 348 valence electrons. The minimum Gasteiger partial charge on any atom is -0.309 e. The Kier molecular flexibility index (Phi) is 12.3. The maximum Gasteiger partial charge on any atom is 0.238 e. The Morgan fingerprint density at radius 1 is 0.319 bits per heavy atom. The summed E-state index contributed by atoms with van der Waals surface area (Å²) in [6.07, 6.45) is 0. The summed E-state index contributed by atoms with van der Waals surface area (Å²) >= 11 is 0. The molecule has 1 heterocycles. The molecule has 0 amide bonds. The first-order chi connectivity index (χ1) is 35.2. The van der Waals surface area contributed by atoms with Gasteiger partial charge in [-0.05, 0) is 133 Å². The second kappa shape index (κ2) is 19.5. The Hall–Kier alpha value is -8.93. The van der Waals surface area contributed by atoms with E-state index in [1.165, 1.54) is 44.8 Å². The summed E-state index contributed by atoms with van der Waals surface area (Å²) in [6.45, 7) is 13.2. The first kappa shape index (κ1) is 45.5. The summed E-state index contributed by atoms with van der Waals surface area (Å²) < 4.78 is 0. The molecule has 0 aliphatic carbocycles. The summed E-state index contributed by atoms with van der Waals surface area (Å²) in [7, 11) is 0. The van der Waals surface area contributed by atoms with E-state index in [9.17, 15) is 0 Å². The Bertz CT molecular complexity index is 3650. The topological polar surface area (TPSA) is 45.2 Å². The number of para-hydroxylation sites is 1. The van der Waals surface area contributed by atoms with Crippen LogP contribution in [0.2, 0.25) is 0 Å². The van der Waals surface area contributed by atoms with Gasteiger partial charge in [-0.2, -0.15) is 9.97 Å². The van der Waals surface area contributed by atoms with Crippen LogP contribution in [-0.2, 0) is 0 Å². The molecule has 11 rings (SSSR count). The van der Waals surface area contributed by atoms with Crippen LogP contribution in [0.1, 0.15) is 33.4 Å². The fourth-order valence-corrected chi connectivity index (χ4v) is 10.7. The van der Waals surface area contributed by atoms with Crippen LogP contribution >= 0.6 is 0 Å². The summed E-state index contributed by atoms with van der Waals surface area (Å²) in [5, 5.41) is 2.27. The summed E-state index contributed by atoms with van der Waals surface area (Å²) in [5.41, 5.74) is 20.9. The van der Waals surface area contributed by atoms with Gasteiger partial charge >= 0.3 is 0 Å². The lowest BCUT2D eigenvalue weighted by Crippen LogP contribution is -2.18. The normalized spacial score (nSPS) is 11.2. The number of hydrogen-bond acceptors (Lipinski definition) is 5. The van der Waals surface area contributed by atoms with E-state index in [0.29, 0.717) is 17.6 Å². The minimum atomic E-state index is 0.494. The largest absolute Gasteiger partial charge is 0.309 e. The molecular formula is C67H55N5. The zero-order valence-corrected chi connectivity index (χ0v) is 41.6. The number of benzene rings is 10. The number of aryl methyl sites for hydroxylation is 6. The molecule has 0 aliphatic heterocycles. The van der Waals surface area contributed by atoms with Crippen molar-refractivity contribution < 1.29 is 0 Å². The molecule has 5 heteroatoms. The quantitative estimate of drug-likeness (QED) is 0.129. The van der Waals surface area contributed by atoms with Crippen LogP contribution in [0, 0.1) is 41.5 Å². The van der Waals surface area contributed by atoms with Crippen molar-refractivity contribution in [1.82, 2.24) is 15.0 Å². The lowest BCUT2D eigenvalue weighted by Gasteiger charge is -2.32. The van der Waals surface area contributed by atoms with Crippen LogP contribution in [0.4, 0.5) is 34.4 Å². The number of anilines is 6. The van der Waals surface area contributed by atoms with E-state index in [2.05, 4.69) is 276 Å². The molecule has 0 saturated heterocycles. The maximum atomic E-state index is 5.62. The van der Waals surface area contributed by atoms with E-state index in [1.807, 2.05) is 0 Å². The monoisotopic (exact) mass is 929 g/mol. The second-order valence-corrected chi connectivity index (χ2v) is 18.8. The van der Waals surface area contributed by atoms with Gasteiger partial charge in [0.1, 0.15) is 0 Å². The molecule has 10 aromatic carbocycles. The Labute approximate surface area is 423 Å². The van der Waals surface area contributed by atoms with E-state index in [4.69, 9.17) is 15.0 Å². The SMILES string of the molecule is Cc1cc(C)c(N(c2ccc(N(c3nc(-c4ccccc4-c4ccccc4)nc(-c4ccc5ccccc5c4-c4ccccc4)n3)c3ccccc3-c3ccccc3)cc2)c2c(C)cc(C)cc2C)c(C)c1. The zero-order valence-electron chi connectivity index (χ0n) is 41.6. The molecule has 5 nitrogen and oxygen atoms in total. The van der Waals surface area contributed by atoms with Gasteiger partial charge in [0.05, 0.1) is 17.1 Å². The third-order valence-corrected chi connectivity index (χ3v) is 13.6. The highest BCUT2D eigenvalue weighted by molar-refractivity contribution is 6.03. The van der Waals surface area contributed by atoms with Crippen LogP contribution in [0.15, 0.2) is 224 Å². The summed E-state index contributed by atoms with van der Waals surface area (Å²) in [6, 6.07) is 79.6. The van der Waals surface area contributed by atoms with Gasteiger partial charge in [0, 0.05) is 33.6 Å². The predicted molar refractivity (Wildman–Crippen MR) is 302 cm³/mol. The minimum absolute atomic E-state index is 0.494. The van der Waals surface area contributed by atoms with Gasteiger partial charge in [-0.25, -0.2) is 4.98 Å². The van der Waals surface area contributed by atoms with Crippen LogP contribution in [-0.4, -0.2) is 15.0 Å². The molecular weight excluding hydrogens is 875 g/mol. The average Bonchev–Trinajstić information content (AvgIpc) is 3.40. The van der Waals surface area contributed by atoms with Gasteiger partial charge < -0.3 is 4.90 Å². The van der Waals surface area contributed by atoms with Crippen molar-refractivity contribution in [3.05, 3.63) is 258 Å². The second-order valence-electron chi connectivity index (χ2n) is 18.8. The van der Waals surface area contributed by atoms with Gasteiger partial charge in [0.2, 0.25) is 5.95 Å². The van der Waals surface area contributed by atoms with Crippen molar-refractivity contribution in [3.8, 4) is 56.2 Å². The van der Waals surface area contributed by atoms with Gasteiger partial charge in [-0.1, -0.05) is 199 Å². The van der Waals surface area contributed by atoms with Gasteiger partial charge in [0.25, 0.3) is 0 Å². The molecule has 0 spiro atoms. The smallest absolute Gasteiger partial charge is 0.238 e. The molecule has 1 aromatic heterocycles. The number of hydrogen-bond donors (Lipinski definition) is 0. The molecule has 0 fully saturated rings. The molecule has 0 aliphatic rings. The molecule has 0 unspecified atom stereocenters. The van der Waals surface area contributed by atoms with E-state index in [-0.39, 0.29) is 0 Å². The highest BCUT2D eigenvalue weighted by atomic mass is 15.3. The fourth-order valence-electron chi connectivity index (χ4n) is 10.7. The van der Waals surface area contributed by atoms with Crippen molar-refractivity contribution in [2.45, 2.75) is 41.5 Å². The Morgan fingerprint density at radius 2 is 0.750 bits per heavy atom. The third kappa shape index (κ3) is 8.71. The lowest BCUT2D eigenvalue weighted by atomic mass is 9.93. The average molecular weight is 930 g/mol. The van der Waals surface area contributed by atoms with Gasteiger partial charge in [-0.3, -0.25) is 4.90 Å². The van der Waals surface area contributed by atoms with Crippen molar-refractivity contribution >= 4 is 45.2 Å². The molecule has 11 aromatic rings. The van der Waals surface area contributed by atoms with E-state index in [1.54, 1.807) is 0 Å². The standard InChI is InChI=1S/C67H55N5/c1-44-40-46(3)63(47(4)41-44)72(64-48(5)42-45(2)43-49(64)6)55-37-35-54(36-38-55)71(61-33-21-20-30-57(61)51-24-12-8-13-25-51)67-69-65(59-32-19-18-29-56(59)50-22-10-7-11-23-50)68-66(70-67)60-39-34-52-26-16-17-31-58(52)62(60)53-27-14-9-15-28-53/h7-43H,1-6H3. The summed E-state index contributed by atoms with van der Waals surface area (Å²) in [4.78, 5) is 21.4. The zero-order chi connectivity index (χ0) is 49.3. The van der Waals surface area contributed by atoms with E-state index >= 15 is 0 Å². The molecule has 0 atom stereocenters. The Morgan fingerprint density at radius 3 is 1.32 bits per heavy atom. The van der Waals surface area contributed by atoms with Gasteiger partial charge in [0.15, 0.2) is 11.6 Å². The summed E-state index contributed by atoms with van der Waals surface area (Å²) in [5.74, 6) is 1.64. The van der Waals surface area contributed by atoms with Crippen molar-refractivity contribution in [2.24, 2.45) is 0 Å². The molecule has 0 bridgehead atoms. The van der Waals surface area contributed by atoms with E-state index in [0.717, 1.165) is 72.3 Å². The van der Waals surface area contributed by atoms with E-state index < -0.39 is 0 Å². The van der Waals surface area contributed by atoms with Crippen LogP contribution in [0.3, 0.4) is 0 Å². The number of aromatic nitrogens is 3. The number of fused-ring (bicyclic) bond motifs is 1. The van der Waals surface area contributed by atoms with Gasteiger partial charge in [-0.15, -0.1) is 0 Å². The molecule has 0 radical (unpaired) electrons. The highest BCUT2D eigenvalue weighted by Gasteiger charge is 2.26. The Balaban J connectivity index is 1.19. The fraction of sp³-hybridized carbons (Fsp3) is 0.0896. The lowest BCUT2D eigenvalue weighted by molar-refractivity contribution is 1.02. The van der Waals surface area contributed by atoms with Crippen LogP contribution in [0.5, 0.6) is 0 Å². The highest BCUT2D eigenvalue weighted by Crippen LogP contribution is 2.46. The predicted octanol–water partition coefficient (Wildman–Crippen LogP) is 18.1. The van der Waals surface area contributed by atoms with Crippen LogP contribution < -0.4 is 9.80 Å². The third-order valence-electron chi connectivity index (χ3n) is 13.6. The molecule has 0 saturated carbocycles. The number of nitrogens with zero attached hydrogens (tertiary/aromatic N) is 5. The number of rotatable bonds is 11. The van der Waals surface area contributed by atoms with Crippen molar-refractivity contribution in [1.29, 1.82) is 0 Å². The van der Waals surface area contributed by atoms with Crippen molar-refractivity contribution in [3.63, 3.8) is 0 Å². The first-order valence-electron chi connectivity index (χ1n) is 24.7. The van der Waals surface area contributed by atoms with Crippen molar-refractivity contribution in [2.75, 3.05) is 9.80 Å². The first-order valence-corrected chi connectivity index (χ1v) is 24.7. The van der Waals surface area contributed by atoms with Crippen LogP contribution in [0.25, 0.3) is 66.9 Å².